The fraction of sp³-hybridized carbons (Fsp3) is 0.647. The maximum Gasteiger partial charge on any atom is 0.0410 e. The largest absolute Gasteiger partial charge is 0.373 e. The minimum absolute atomic E-state index is 0.697. The highest BCUT2D eigenvalue weighted by atomic mass is 79.9. The molecular weight excluding hydrogens is 326 g/mol. The van der Waals surface area contributed by atoms with Crippen molar-refractivity contribution in [2.75, 3.05) is 32.1 Å². The van der Waals surface area contributed by atoms with Crippen molar-refractivity contribution in [2.45, 2.75) is 44.3 Å². The summed E-state index contributed by atoms with van der Waals surface area (Å²) in [6.07, 6.45) is 5.34. The molecule has 1 N–H and O–H groups in total. The predicted octanol–water partition coefficient (Wildman–Crippen LogP) is 3.23. The molecule has 1 aliphatic heterocycles. The maximum absolute atomic E-state index is 3.64. The normalized spacial score (nSPS) is 22.7. The summed E-state index contributed by atoms with van der Waals surface area (Å²) in [5, 5.41) is 3.64. The molecule has 0 spiro atoms. The molecule has 3 rings (SSSR count). The Hall–Kier alpha value is -0.580. The van der Waals surface area contributed by atoms with Crippen molar-refractivity contribution in [3.8, 4) is 0 Å². The molecule has 0 aromatic heterocycles. The van der Waals surface area contributed by atoms with Gasteiger partial charge in [0, 0.05) is 42.4 Å². The lowest BCUT2D eigenvalue weighted by atomic mass is 10.1. The number of anilines is 1. The molecule has 0 radical (unpaired) electrons. The molecule has 1 saturated heterocycles. The van der Waals surface area contributed by atoms with Crippen LogP contribution in [0.25, 0.3) is 0 Å². The highest BCUT2D eigenvalue weighted by Crippen LogP contribution is 2.27. The van der Waals surface area contributed by atoms with Crippen LogP contribution in [0.1, 0.15) is 31.2 Å². The second kappa shape index (κ2) is 6.67. The number of hydrogen-bond acceptors (Lipinski definition) is 3. The van der Waals surface area contributed by atoms with E-state index in [-0.39, 0.29) is 0 Å². The molecule has 1 heterocycles. The number of benzene rings is 1. The van der Waals surface area contributed by atoms with Crippen molar-refractivity contribution >= 4 is 21.6 Å². The summed E-state index contributed by atoms with van der Waals surface area (Å²) in [4.78, 5) is 4.93. The van der Waals surface area contributed by atoms with E-state index in [4.69, 9.17) is 0 Å². The van der Waals surface area contributed by atoms with E-state index in [1.54, 1.807) is 0 Å². The minimum Gasteiger partial charge on any atom is -0.373 e. The van der Waals surface area contributed by atoms with E-state index in [1.807, 2.05) is 0 Å². The average Bonchev–Trinajstić information content (AvgIpc) is 3.20. The van der Waals surface area contributed by atoms with Gasteiger partial charge in [-0.1, -0.05) is 15.9 Å². The van der Waals surface area contributed by atoms with Crippen LogP contribution >= 0.6 is 15.9 Å². The first-order chi connectivity index (χ1) is 10.1. The van der Waals surface area contributed by atoms with Gasteiger partial charge in [-0.25, -0.2) is 0 Å². The van der Waals surface area contributed by atoms with Gasteiger partial charge in [-0.15, -0.1) is 0 Å². The lowest BCUT2D eigenvalue weighted by Crippen LogP contribution is -2.37. The molecule has 1 atom stereocenters. The summed E-state index contributed by atoms with van der Waals surface area (Å²) < 4.78 is 1.17. The zero-order chi connectivity index (χ0) is 14.8. The summed E-state index contributed by atoms with van der Waals surface area (Å²) in [7, 11) is 4.48. The number of halogens is 1. The summed E-state index contributed by atoms with van der Waals surface area (Å²) in [6, 6.07) is 8.12. The van der Waals surface area contributed by atoms with Gasteiger partial charge in [-0.05, 0) is 63.0 Å². The molecule has 3 nitrogen and oxygen atoms in total. The molecule has 1 saturated carbocycles. The smallest absolute Gasteiger partial charge is 0.0410 e. The van der Waals surface area contributed by atoms with Crippen LogP contribution in [0.2, 0.25) is 0 Å². The van der Waals surface area contributed by atoms with E-state index in [0.29, 0.717) is 6.04 Å². The summed E-state index contributed by atoms with van der Waals surface area (Å²) >= 11 is 3.61. The van der Waals surface area contributed by atoms with Gasteiger partial charge in [0.25, 0.3) is 0 Å². The summed E-state index contributed by atoms with van der Waals surface area (Å²) in [6.45, 7) is 3.34. The summed E-state index contributed by atoms with van der Waals surface area (Å²) in [5.41, 5.74) is 2.77. The Kier molecular flexibility index (Phi) is 4.87. The fourth-order valence-electron chi connectivity index (χ4n) is 3.23. The molecule has 1 aromatic carbocycles. The number of hydrogen-bond donors (Lipinski definition) is 1. The van der Waals surface area contributed by atoms with Gasteiger partial charge >= 0.3 is 0 Å². The lowest BCUT2D eigenvalue weighted by Gasteiger charge is -2.29. The first-order valence-corrected chi connectivity index (χ1v) is 8.86. The molecule has 4 heteroatoms. The van der Waals surface area contributed by atoms with Crippen LogP contribution in [-0.2, 0) is 6.54 Å². The van der Waals surface area contributed by atoms with Crippen LogP contribution in [0, 0.1) is 0 Å². The monoisotopic (exact) mass is 351 g/mol. The molecule has 0 bridgehead atoms. The number of rotatable bonds is 6. The number of nitrogens with one attached hydrogen (secondary N) is 1. The number of likely N-dealkylation sites (N-methyl/N-ethyl adjacent to an activating group) is 2. The predicted molar refractivity (Wildman–Crippen MR) is 92.9 cm³/mol. The van der Waals surface area contributed by atoms with Crippen LogP contribution in [0.4, 0.5) is 5.69 Å². The maximum atomic E-state index is 3.64. The Balaban J connectivity index is 1.69. The molecule has 2 aliphatic rings. The molecule has 1 unspecified atom stereocenters. The van der Waals surface area contributed by atoms with Crippen LogP contribution in [-0.4, -0.2) is 44.2 Å². The molecule has 0 amide bonds. The lowest BCUT2D eigenvalue weighted by molar-refractivity contribution is 0.314. The highest BCUT2D eigenvalue weighted by Gasteiger charge is 2.24. The van der Waals surface area contributed by atoms with Crippen molar-refractivity contribution in [2.24, 2.45) is 0 Å². The van der Waals surface area contributed by atoms with Crippen molar-refractivity contribution < 1.29 is 0 Å². The van der Waals surface area contributed by atoms with Gasteiger partial charge < -0.3 is 15.1 Å². The van der Waals surface area contributed by atoms with E-state index in [2.05, 4.69) is 63.3 Å². The average molecular weight is 352 g/mol. The van der Waals surface area contributed by atoms with E-state index >= 15 is 0 Å². The second-order valence-electron chi connectivity index (χ2n) is 6.59. The van der Waals surface area contributed by atoms with Crippen LogP contribution < -0.4 is 10.2 Å². The number of nitrogens with zero attached hydrogens (tertiary/aromatic N) is 2. The molecule has 21 heavy (non-hydrogen) atoms. The highest BCUT2D eigenvalue weighted by molar-refractivity contribution is 9.10. The SMILES string of the molecule is CN(CC1CCCN1C)c1ccc(Br)cc1CNC1CC1. The van der Waals surface area contributed by atoms with Crippen molar-refractivity contribution in [3.63, 3.8) is 0 Å². The molecule has 2 fully saturated rings. The van der Waals surface area contributed by atoms with Gasteiger partial charge in [-0.3, -0.25) is 0 Å². The quantitative estimate of drug-likeness (QED) is 0.848. The minimum atomic E-state index is 0.697. The molecule has 116 valence electrons. The van der Waals surface area contributed by atoms with E-state index < -0.39 is 0 Å². The van der Waals surface area contributed by atoms with Crippen LogP contribution in [0.5, 0.6) is 0 Å². The Labute approximate surface area is 136 Å². The van der Waals surface area contributed by atoms with Crippen molar-refractivity contribution in [3.05, 3.63) is 28.2 Å². The van der Waals surface area contributed by atoms with Gasteiger partial charge in [0.05, 0.1) is 0 Å². The van der Waals surface area contributed by atoms with E-state index in [9.17, 15) is 0 Å². The topological polar surface area (TPSA) is 18.5 Å². The van der Waals surface area contributed by atoms with Crippen molar-refractivity contribution in [1.82, 2.24) is 10.2 Å². The van der Waals surface area contributed by atoms with Gasteiger partial charge in [0.2, 0.25) is 0 Å². The molecular formula is C17H26BrN3. The molecule has 1 aliphatic carbocycles. The first-order valence-electron chi connectivity index (χ1n) is 8.06. The third-order valence-electron chi connectivity index (χ3n) is 4.77. The Morgan fingerprint density at radius 2 is 2.14 bits per heavy atom. The number of likely N-dealkylation sites (tertiary alicyclic amines) is 1. The van der Waals surface area contributed by atoms with Gasteiger partial charge in [0.1, 0.15) is 0 Å². The zero-order valence-corrected chi connectivity index (χ0v) is 14.7. The third-order valence-corrected chi connectivity index (χ3v) is 5.26. The summed E-state index contributed by atoms with van der Waals surface area (Å²) in [5.74, 6) is 0. The van der Waals surface area contributed by atoms with E-state index in [0.717, 1.165) is 19.1 Å². The van der Waals surface area contributed by atoms with E-state index in [1.165, 1.54) is 48.0 Å². The van der Waals surface area contributed by atoms with Crippen LogP contribution in [0.15, 0.2) is 22.7 Å². The Bertz CT molecular complexity index is 487. The Morgan fingerprint density at radius 1 is 1.33 bits per heavy atom. The van der Waals surface area contributed by atoms with Crippen LogP contribution in [0.3, 0.4) is 0 Å². The fourth-order valence-corrected chi connectivity index (χ4v) is 3.64. The molecule has 1 aromatic rings. The van der Waals surface area contributed by atoms with Crippen molar-refractivity contribution in [1.29, 1.82) is 0 Å². The third kappa shape index (κ3) is 3.99. The standard InChI is InChI=1S/C17H26BrN3/c1-20-9-3-4-16(20)12-21(2)17-8-5-14(18)10-13(17)11-19-15-6-7-15/h5,8,10,15-16,19H,3-4,6-7,9,11-12H2,1-2H3. The first kappa shape index (κ1) is 15.3. The second-order valence-corrected chi connectivity index (χ2v) is 7.50. The zero-order valence-electron chi connectivity index (χ0n) is 13.1. The van der Waals surface area contributed by atoms with Gasteiger partial charge in [-0.2, -0.15) is 0 Å². The van der Waals surface area contributed by atoms with Gasteiger partial charge in [0.15, 0.2) is 0 Å². The Morgan fingerprint density at radius 3 is 2.81 bits per heavy atom.